The van der Waals surface area contributed by atoms with E-state index in [0.717, 1.165) is 24.3 Å². The van der Waals surface area contributed by atoms with Crippen molar-refractivity contribution in [3.05, 3.63) is 57.8 Å². The lowest BCUT2D eigenvalue weighted by Crippen LogP contribution is -2.07. The fourth-order valence-corrected chi connectivity index (χ4v) is 1.96. The van der Waals surface area contributed by atoms with Crippen LogP contribution in [0, 0.1) is 17.1 Å². The first-order chi connectivity index (χ1) is 9.81. The number of hydrogen-bond acceptors (Lipinski definition) is 2. The predicted octanol–water partition coefficient (Wildman–Crippen LogP) is 5.27. The van der Waals surface area contributed by atoms with Crippen molar-refractivity contribution in [1.82, 2.24) is 0 Å². The summed E-state index contributed by atoms with van der Waals surface area (Å²) in [6, 6.07) is 8.14. The SMILES string of the molecule is N#Cc1cc(Oc2ccc(F)c(Br)c2)ccc1C(F)(F)F. The van der Waals surface area contributed by atoms with Gasteiger partial charge < -0.3 is 4.74 Å². The zero-order valence-electron chi connectivity index (χ0n) is 10.2. The first-order valence-electron chi connectivity index (χ1n) is 5.55. The Kier molecular flexibility index (Phi) is 4.19. The molecule has 0 saturated heterocycles. The highest BCUT2D eigenvalue weighted by Crippen LogP contribution is 2.34. The normalized spacial score (nSPS) is 11.0. The van der Waals surface area contributed by atoms with E-state index in [0.29, 0.717) is 0 Å². The van der Waals surface area contributed by atoms with Crippen LogP contribution in [-0.2, 0) is 6.18 Å². The Labute approximate surface area is 125 Å². The van der Waals surface area contributed by atoms with Crippen LogP contribution < -0.4 is 4.74 Å². The highest BCUT2D eigenvalue weighted by atomic mass is 79.9. The molecule has 0 aliphatic heterocycles. The van der Waals surface area contributed by atoms with Gasteiger partial charge in [0.1, 0.15) is 17.3 Å². The molecule has 0 bridgehead atoms. The number of benzene rings is 2. The molecule has 2 aromatic rings. The molecule has 0 saturated carbocycles. The smallest absolute Gasteiger partial charge is 0.417 e. The maximum atomic E-state index is 13.1. The number of nitriles is 1. The van der Waals surface area contributed by atoms with Gasteiger partial charge in [-0.15, -0.1) is 0 Å². The van der Waals surface area contributed by atoms with Crippen LogP contribution in [0.2, 0.25) is 0 Å². The molecule has 0 heterocycles. The molecule has 2 aromatic carbocycles. The third-order valence-electron chi connectivity index (χ3n) is 2.54. The average Bonchev–Trinajstić information content (AvgIpc) is 2.41. The molecule has 0 atom stereocenters. The molecule has 0 unspecified atom stereocenters. The second-order valence-electron chi connectivity index (χ2n) is 3.99. The van der Waals surface area contributed by atoms with Crippen LogP contribution in [0.4, 0.5) is 17.6 Å². The lowest BCUT2D eigenvalue weighted by atomic mass is 10.1. The van der Waals surface area contributed by atoms with Gasteiger partial charge in [0.2, 0.25) is 0 Å². The molecule has 21 heavy (non-hydrogen) atoms. The maximum absolute atomic E-state index is 13.1. The Balaban J connectivity index is 2.34. The van der Waals surface area contributed by atoms with Gasteiger partial charge in [-0.3, -0.25) is 0 Å². The van der Waals surface area contributed by atoms with E-state index in [1.54, 1.807) is 0 Å². The summed E-state index contributed by atoms with van der Waals surface area (Å²) in [6.07, 6.45) is -4.61. The van der Waals surface area contributed by atoms with Gasteiger partial charge in [-0.25, -0.2) is 4.39 Å². The molecule has 7 heteroatoms. The molecule has 0 fully saturated rings. The fourth-order valence-electron chi connectivity index (χ4n) is 1.60. The summed E-state index contributed by atoms with van der Waals surface area (Å²) in [7, 11) is 0. The molecular formula is C14H6BrF4NO. The third-order valence-corrected chi connectivity index (χ3v) is 3.15. The predicted molar refractivity (Wildman–Crippen MR) is 70.3 cm³/mol. The van der Waals surface area contributed by atoms with E-state index in [4.69, 9.17) is 10.00 Å². The first-order valence-corrected chi connectivity index (χ1v) is 6.35. The van der Waals surface area contributed by atoms with E-state index in [-0.39, 0.29) is 16.0 Å². The zero-order chi connectivity index (χ0) is 15.6. The van der Waals surface area contributed by atoms with Gasteiger partial charge in [0.15, 0.2) is 0 Å². The lowest BCUT2D eigenvalue weighted by Gasteiger charge is -2.11. The van der Waals surface area contributed by atoms with E-state index in [1.807, 2.05) is 0 Å². The second kappa shape index (κ2) is 5.74. The summed E-state index contributed by atoms with van der Waals surface area (Å²) in [5.41, 5.74) is -1.57. The monoisotopic (exact) mass is 359 g/mol. The topological polar surface area (TPSA) is 33.0 Å². The summed E-state index contributed by atoms with van der Waals surface area (Å²) in [4.78, 5) is 0. The van der Waals surface area contributed by atoms with Gasteiger partial charge in [0.25, 0.3) is 0 Å². The second-order valence-corrected chi connectivity index (χ2v) is 4.85. The van der Waals surface area contributed by atoms with Gasteiger partial charge >= 0.3 is 6.18 Å². The van der Waals surface area contributed by atoms with E-state index in [1.165, 1.54) is 18.2 Å². The minimum absolute atomic E-state index is 0.0538. The van der Waals surface area contributed by atoms with Crippen LogP contribution in [-0.4, -0.2) is 0 Å². The van der Waals surface area contributed by atoms with Crippen molar-refractivity contribution in [1.29, 1.82) is 5.26 Å². The van der Waals surface area contributed by atoms with Crippen LogP contribution in [0.1, 0.15) is 11.1 Å². The number of alkyl halides is 3. The lowest BCUT2D eigenvalue weighted by molar-refractivity contribution is -0.137. The number of nitrogens with zero attached hydrogens (tertiary/aromatic N) is 1. The summed E-state index contributed by atoms with van der Waals surface area (Å²) in [5, 5.41) is 8.79. The number of hydrogen-bond donors (Lipinski definition) is 0. The fraction of sp³-hybridized carbons (Fsp3) is 0.0714. The van der Waals surface area contributed by atoms with E-state index in [9.17, 15) is 17.6 Å². The third kappa shape index (κ3) is 3.52. The number of rotatable bonds is 2. The van der Waals surface area contributed by atoms with Crippen molar-refractivity contribution in [2.24, 2.45) is 0 Å². The van der Waals surface area contributed by atoms with Gasteiger partial charge in [0, 0.05) is 0 Å². The minimum atomic E-state index is -4.61. The summed E-state index contributed by atoms with van der Waals surface area (Å²) in [6.45, 7) is 0. The Bertz CT molecular complexity index is 722. The largest absolute Gasteiger partial charge is 0.457 e. The number of halogens is 5. The van der Waals surface area contributed by atoms with Crippen molar-refractivity contribution in [3.63, 3.8) is 0 Å². The van der Waals surface area contributed by atoms with Crippen molar-refractivity contribution < 1.29 is 22.3 Å². The van der Waals surface area contributed by atoms with Gasteiger partial charge in [0.05, 0.1) is 21.7 Å². The average molecular weight is 360 g/mol. The quantitative estimate of drug-likeness (QED) is 0.684. The Morgan fingerprint density at radius 3 is 2.24 bits per heavy atom. The highest BCUT2D eigenvalue weighted by molar-refractivity contribution is 9.10. The maximum Gasteiger partial charge on any atom is 0.417 e. The molecule has 0 radical (unpaired) electrons. The molecule has 2 nitrogen and oxygen atoms in total. The molecule has 108 valence electrons. The molecule has 0 aliphatic carbocycles. The van der Waals surface area contributed by atoms with Crippen molar-refractivity contribution in [2.75, 3.05) is 0 Å². The molecular weight excluding hydrogens is 354 g/mol. The van der Waals surface area contributed by atoms with Crippen LogP contribution in [0.25, 0.3) is 0 Å². The van der Waals surface area contributed by atoms with Gasteiger partial charge in [-0.05, 0) is 52.3 Å². The first kappa shape index (κ1) is 15.3. The van der Waals surface area contributed by atoms with E-state index < -0.39 is 23.1 Å². The molecule has 0 aromatic heterocycles. The van der Waals surface area contributed by atoms with Crippen LogP contribution >= 0.6 is 15.9 Å². The minimum Gasteiger partial charge on any atom is -0.457 e. The molecule has 0 aliphatic rings. The van der Waals surface area contributed by atoms with Gasteiger partial charge in [-0.1, -0.05) is 0 Å². The van der Waals surface area contributed by atoms with Crippen molar-refractivity contribution in [2.45, 2.75) is 6.18 Å². The Morgan fingerprint density at radius 2 is 1.67 bits per heavy atom. The van der Waals surface area contributed by atoms with Gasteiger partial charge in [-0.2, -0.15) is 18.4 Å². The van der Waals surface area contributed by atoms with E-state index >= 15 is 0 Å². The summed E-state index contributed by atoms with van der Waals surface area (Å²) in [5.74, 6) is -0.211. The number of ether oxygens (including phenoxy) is 1. The molecule has 0 spiro atoms. The highest BCUT2D eigenvalue weighted by Gasteiger charge is 2.33. The zero-order valence-corrected chi connectivity index (χ0v) is 11.8. The molecule has 0 N–H and O–H groups in total. The van der Waals surface area contributed by atoms with Crippen LogP contribution in [0.5, 0.6) is 11.5 Å². The standard InChI is InChI=1S/C14H6BrF4NO/c15-12-6-10(2-4-13(12)16)21-9-1-3-11(14(17,18)19)8(5-9)7-20/h1-6H. The van der Waals surface area contributed by atoms with E-state index in [2.05, 4.69) is 15.9 Å². The molecule has 0 amide bonds. The van der Waals surface area contributed by atoms with Crippen molar-refractivity contribution >= 4 is 15.9 Å². The van der Waals surface area contributed by atoms with Crippen LogP contribution in [0.15, 0.2) is 40.9 Å². The Morgan fingerprint density at radius 1 is 1.05 bits per heavy atom. The summed E-state index contributed by atoms with van der Waals surface area (Å²) >= 11 is 2.97. The van der Waals surface area contributed by atoms with Crippen LogP contribution in [0.3, 0.4) is 0 Å². The summed E-state index contributed by atoms with van der Waals surface area (Å²) < 4.78 is 56.5. The Hall–Kier alpha value is -2.07. The molecule has 2 rings (SSSR count). The van der Waals surface area contributed by atoms with Crippen molar-refractivity contribution in [3.8, 4) is 17.6 Å².